The van der Waals surface area contributed by atoms with Gasteiger partial charge in [-0.1, -0.05) is 0 Å². The Bertz CT molecular complexity index is 1330. The van der Waals surface area contributed by atoms with Crippen LogP contribution in [0.3, 0.4) is 0 Å². The van der Waals surface area contributed by atoms with Crippen LogP contribution in [0, 0.1) is 0 Å². The smallest absolute Gasteiger partial charge is 0.467 e. The summed E-state index contributed by atoms with van der Waals surface area (Å²) in [5.74, 6) is 1.30. The van der Waals surface area contributed by atoms with Gasteiger partial charge >= 0.3 is 6.36 Å². The number of hydrogen-bond donors (Lipinski definition) is 3. The summed E-state index contributed by atoms with van der Waals surface area (Å²) in [4.78, 5) is 33.0. The SMILES string of the molecule is O=C(CN1CCN(c2nc(NCc3ccco3)c3[nH]cnc3n2)CC1)Nc1ccc(OC(F)(F)F)cc1. The lowest BCUT2D eigenvalue weighted by Gasteiger charge is -2.34. The zero-order valence-corrected chi connectivity index (χ0v) is 19.5. The molecule has 0 atom stereocenters. The van der Waals surface area contributed by atoms with Crippen molar-refractivity contribution in [1.29, 1.82) is 0 Å². The molecule has 0 unspecified atom stereocenters. The fourth-order valence-corrected chi connectivity index (χ4v) is 3.92. The number of H-pyrrole nitrogens is 1. The summed E-state index contributed by atoms with van der Waals surface area (Å²) >= 11 is 0. The molecule has 0 aliphatic carbocycles. The lowest BCUT2D eigenvalue weighted by atomic mass is 10.3. The highest BCUT2D eigenvalue weighted by Gasteiger charge is 2.31. The van der Waals surface area contributed by atoms with E-state index in [9.17, 15) is 18.0 Å². The molecule has 0 bridgehead atoms. The normalized spacial score (nSPS) is 14.6. The first-order valence-electron chi connectivity index (χ1n) is 11.4. The molecule has 1 amide bonds. The van der Waals surface area contributed by atoms with Crippen LogP contribution in [0.15, 0.2) is 53.4 Å². The summed E-state index contributed by atoms with van der Waals surface area (Å²) in [6, 6.07) is 8.70. The summed E-state index contributed by atoms with van der Waals surface area (Å²) in [7, 11) is 0. The Hall–Kier alpha value is -4.33. The number of anilines is 3. The Morgan fingerprint density at radius 2 is 1.89 bits per heavy atom. The number of piperazine rings is 1. The van der Waals surface area contributed by atoms with Gasteiger partial charge in [-0.3, -0.25) is 9.69 Å². The van der Waals surface area contributed by atoms with Gasteiger partial charge in [-0.25, -0.2) is 4.98 Å². The van der Waals surface area contributed by atoms with Crippen LogP contribution in [-0.2, 0) is 11.3 Å². The maximum absolute atomic E-state index is 12.4. The van der Waals surface area contributed by atoms with Gasteiger partial charge in [0.1, 0.15) is 17.0 Å². The van der Waals surface area contributed by atoms with Crippen LogP contribution in [0.25, 0.3) is 11.2 Å². The van der Waals surface area contributed by atoms with Gasteiger partial charge in [0.15, 0.2) is 11.5 Å². The number of aromatic nitrogens is 4. The van der Waals surface area contributed by atoms with Gasteiger partial charge in [-0.2, -0.15) is 9.97 Å². The number of imidazole rings is 1. The summed E-state index contributed by atoms with van der Waals surface area (Å²) in [6.45, 7) is 3.00. The molecule has 0 spiro atoms. The van der Waals surface area contributed by atoms with E-state index in [-0.39, 0.29) is 18.2 Å². The molecule has 1 aromatic carbocycles. The largest absolute Gasteiger partial charge is 0.573 e. The number of fused-ring (bicyclic) bond motifs is 1. The zero-order valence-electron chi connectivity index (χ0n) is 19.5. The monoisotopic (exact) mass is 516 g/mol. The van der Waals surface area contributed by atoms with Gasteiger partial charge in [0, 0.05) is 31.9 Å². The van der Waals surface area contributed by atoms with E-state index in [1.165, 1.54) is 12.1 Å². The highest BCUT2D eigenvalue weighted by Crippen LogP contribution is 2.24. The van der Waals surface area contributed by atoms with E-state index >= 15 is 0 Å². The average molecular weight is 516 g/mol. The minimum Gasteiger partial charge on any atom is -0.467 e. The first-order chi connectivity index (χ1) is 17.8. The Morgan fingerprint density at radius 1 is 1.11 bits per heavy atom. The van der Waals surface area contributed by atoms with Gasteiger partial charge in [0.05, 0.1) is 25.7 Å². The molecule has 1 fully saturated rings. The lowest BCUT2D eigenvalue weighted by molar-refractivity contribution is -0.274. The lowest BCUT2D eigenvalue weighted by Crippen LogP contribution is -2.49. The molecule has 1 aliphatic heterocycles. The summed E-state index contributed by atoms with van der Waals surface area (Å²) in [6.07, 6.45) is -1.59. The number of carbonyl (C=O) groups excluding carboxylic acids is 1. The molecule has 3 aromatic heterocycles. The van der Waals surface area contributed by atoms with Crippen LogP contribution in [-0.4, -0.2) is 69.8 Å². The predicted octanol–water partition coefficient (Wildman–Crippen LogP) is 3.22. The number of nitrogens with zero attached hydrogens (tertiary/aromatic N) is 5. The second kappa shape index (κ2) is 10.3. The number of rotatable bonds is 8. The van der Waals surface area contributed by atoms with Gasteiger partial charge in [-0.05, 0) is 36.4 Å². The number of hydrogen-bond acceptors (Lipinski definition) is 9. The van der Waals surface area contributed by atoms with E-state index in [0.717, 1.165) is 17.9 Å². The molecule has 194 valence electrons. The van der Waals surface area contributed by atoms with Gasteiger partial charge in [-0.15, -0.1) is 13.2 Å². The van der Waals surface area contributed by atoms with E-state index in [4.69, 9.17) is 4.42 Å². The van der Waals surface area contributed by atoms with Crippen molar-refractivity contribution >= 4 is 34.5 Å². The van der Waals surface area contributed by atoms with Crippen molar-refractivity contribution in [2.75, 3.05) is 48.3 Å². The van der Waals surface area contributed by atoms with E-state index in [1.807, 2.05) is 21.9 Å². The Morgan fingerprint density at radius 3 is 2.59 bits per heavy atom. The van der Waals surface area contributed by atoms with Crippen molar-refractivity contribution in [2.45, 2.75) is 12.9 Å². The molecule has 5 rings (SSSR count). The van der Waals surface area contributed by atoms with Crippen molar-refractivity contribution < 1.29 is 27.1 Å². The third kappa shape index (κ3) is 6.27. The van der Waals surface area contributed by atoms with Crippen molar-refractivity contribution in [3.63, 3.8) is 0 Å². The van der Waals surface area contributed by atoms with Crippen molar-refractivity contribution in [2.24, 2.45) is 0 Å². The Kier molecular flexibility index (Phi) is 6.81. The van der Waals surface area contributed by atoms with Crippen LogP contribution in [0.4, 0.5) is 30.6 Å². The van der Waals surface area contributed by atoms with Gasteiger partial charge in [0.2, 0.25) is 11.9 Å². The fraction of sp³-hybridized carbons (Fsp3) is 0.304. The maximum Gasteiger partial charge on any atom is 0.573 e. The Balaban J connectivity index is 1.15. The van der Waals surface area contributed by atoms with Crippen LogP contribution in [0.1, 0.15) is 5.76 Å². The number of amides is 1. The third-order valence-corrected chi connectivity index (χ3v) is 5.68. The quantitative estimate of drug-likeness (QED) is 0.324. The second-order valence-electron chi connectivity index (χ2n) is 8.29. The van der Waals surface area contributed by atoms with Crippen LogP contribution < -0.4 is 20.3 Å². The van der Waals surface area contributed by atoms with Gasteiger partial charge in [0.25, 0.3) is 0 Å². The minimum absolute atomic E-state index is 0.143. The molecular formula is C23H23F3N8O3. The molecular weight excluding hydrogens is 493 g/mol. The van der Waals surface area contributed by atoms with Crippen molar-refractivity contribution in [3.8, 4) is 5.75 Å². The minimum atomic E-state index is -4.76. The molecule has 0 saturated carbocycles. The molecule has 4 aromatic rings. The second-order valence-corrected chi connectivity index (χ2v) is 8.29. The van der Waals surface area contributed by atoms with Crippen molar-refractivity contribution in [1.82, 2.24) is 24.8 Å². The van der Waals surface area contributed by atoms with E-state index in [1.54, 1.807) is 12.6 Å². The molecule has 1 saturated heterocycles. The first-order valence-corrected chi connectivity index (χ1v) is 11.4. The molecule has 1 aliphatic rings. The molecule has 37 heavy (non-hydrogen) atoms. The number of carbonyl (C=O) groups is 1. The number of ether oxygens (including phenoxy) is 1. The highest BCUT2D eigenvalue weighted by atomic mass is 19.4. The molecule has 0 radical (unpaired) electrons. The zero-order chi connectivity index (χ0) is 25.8. The van der Waals surface area contributed by atoms with Crippen LogP contribution in [0.2, 0.25) is 0 Å². The molecule has 14 heteroatoms. The van der Waals surface area contributed by atoms with E-state index in [0.29, 0.717) is 61.3 Å². The standard InChI is InChI=1S/C23H23F3N8O3/c24-23(25,26)37-16-5-3-15(4-6-16)30-18(35)13-33-7-9-34(10-8-33)22-31-20(19-21(32-22)29-14-28-19)27-12-17-2-1-11-36-17/h1-6,11,14H,7-10,12-13H2,(H,30,35)(H2,27,28,29,31,32). The predicted molar refractivity (Wildman–Crippen MR) is 128 cm³/mol. The first kappa shape index (κ1) is 24.4. The number of nitrogens with one attached hydrogen (secondary N) is 3. The topological polar surface area (TPSA) is 124 Å². The molecule has 11 nitrogen and oxygen atoms in total. The van der Waals surface area contributed by atoms with Crippen LogP contribution >= 0.6 is 0 Å². The number of benzene rings is 1. The average Bonchev–Trinajstić information content (AvgIpc) is 3.55. The third-order valence-electron chi connectivity index (χ3n) is 5.68. The Labute approximate surface area is 208 Å². The number of halogens is 3. The molecule has 3 N–H and O–H groups in total. The fourth-order valence-electron chi connectivity index (χ4n) is 3.92. The number of aromatic amines is 1. The number of alkyl halides is 3. The van der Waals surface area contributed by atoms with E-state index < -0.39 is 6.36 Å². The van der Waals surface area contributed by atoms with Crippen LogP contribution in [0.5, 0.6) is 5.75 Å². The highest BCUT2D eigenvalue weighted by molar-refractivity contribution is 5.92. The van der Waals surface area contributed by atoms with Gasteiger partial charge < -0.3 is 29.7 Å². The summed E-state index contributed by atoms with van der Waals surface area (Å²) < 4.78 is 46.1. The maximum atomic E-state index is 12.4. The summed E-state index contributed by atoms with van der Waals surface area (Å²) in [5, 5.41) is 5.95. The number of furan rings is 1. The van der Waals surface area contributed by atoms with E-state index in [2.05, 4.69) is 35.3 Å². The summed E-state index contributed by atoms with van der Waals surface area (Å²) in [5.41, 5.74) is 1.62. The van der Waals surface area contributed by atoms with Crippen molar-refractivity contribution in [3.05, 3.63) is 54.7 Å². The molecule has 4 heterocycles.